The first-order valence-electron chi connectivity index (χ1n) is 7.57. The molecule has 2 atom stereocenters. The van der Waals surface area contributed by atoms with Gasteiger partial charge in [0.15, 0.2) is 0 Å². The lowest BCUT2D eigenvalue weighted by atomic mass is 10.1. The van der Waals surface area contributed by atoms with Crippen LogP contribution in [0.15, 0.2) is 55.1 Å². The van der Waals surface area contributed by atoms with Crippen molar-refractivity contribution < 1.29 is 0 Å². The van der Waals surface area contributed by atoms with Crippen molar-refractivity contribution in [1.29, 1.82) is 0 Å². The van der Waals surface area contributed by atoms with E-state index in [-0.39, 0.29) is 10.8 Å². The first-order valence-corrected chi connectivity index (χ1v) is 10.6. The minimum atomic E-state index is -0.328. The standard InChI is InChI=1S/C18H13Cl5N2S/c19-13-3-1-11(2-4-13)17(18(23)25-6-5-24-10-25)26-9-12-7-15(21)16(22)8-14(12)20/h1-8,10,17-18H,9H2. The molecule has 1 heterocycles. The van der Waals surface area contributed by atoms with E-state index in [1.165, 1.54) is 0 Å². The molecule has 2 nitrogen and oxygen atoms in total. The van der Waals surface area contributed by atoms with Crippen LogP contribution in [0.4, 0.5) is 0 Å². The highest BCUT2D eigenvalue weighted by molar-refractivity contribution is 7.98. The summed E-state index contributed by atoms with van der Waals surface area (Å²) in [5.41, 5.74) is 1.63. The zero-order chi connectivity index (χ0) is 18.7. The summed E-state index contributed by atoms with van der Waals surface area (Å²) in [7, 11) is 0. The minimum absolute atomic E-state index is 0.0475. The zero-order valence-electron chi connectivity index (χ0n) is 13.3. The molecule has 0 saturated heterocycles. The summed E-state index contributed by atoms with van der Waals surface area (Å²) in [5, 5.41) is 2.13. The Bertz CT molecular complexity index is 868. The van der Waals surface area contributed by atoms with Gasteiger partial charge in [0.05, 0.1) is 21.6 Å². The predicted octanol–water partition coefficient (Wildman–Crippen LogP) is 7.91. The largest absolute Gasteiger partial charge is 0.319 e. The number of hydrogen-bond donors (Lipinski definition) is 0. The zero-order valence-corrected chi connectivity index (χ0v) is 17.8. The second-order valence-electron chi connectivity index (χ2n) is 5.52. The fourth-order valence-corrected chi connectivity index (χ4v) is 4.98. The summed E-state index contributed by atoms with van der Waals surface area (Å²) >= 11 is 32.9. The monoisotopic (exact) mass is 464 g/mol. The molecule has 136 valence electrons. The molecule has 1 aromatic heterocycles. The predicted molar refractivity (Wildman–Crippen MR) is 114 cm³/mol. The van der Waals surface area contributed by atoms with Crippen LogP contribution < -0.4 is 0 Å². The third-order valence-electron chi connectivity index (χ3n) is 3.77. The Morgan fingerprint density at radius 2 is 1.65 bits per heavy atom. The number of alkyl halides is 1. The van der Waals surface area contributed by atoms with Crippen molar-refractivity contribution in [3.8, 4) is 0 Å². The van der Waals surface area contributed by atoms with Gasteiger partial charge in [-0.05, 0) is 35.4 Å². The fraction of sp³-hybridized carbons (Fsp3) is 0.167. The van der Waals surface area contributed by atoms with Crippen LogP contribution in [-0.2, 0) is 5.75 Å². The van der Waals surface area contributed by atoms with Gasteiger partial charge in [0.25, 0.3) is 0 Å². The lowest BCUT2D eigenvalue weighted by Crippen LogP contribution is -2.09. The van der Waals surface area contributed by atoms with E-state index in [0.29, 0.717) is 25.8 Å². The molecule has 2 unspecified atom stereocenters. The average molecular weight is 467 g/mol. The van der Waals surface area contributed by atoms with Gasteiger partial charge < -0.3 is 4.57 Å². The quantitative estimate of drug-likeness (QED) is 0.271. The molecule has 0 spiro atoms. The summed E-state index contributed by atoms with van der Waals surface area (Å²) in [4.78, 5) is 4.08. The topological polar surface area (TPSA) is 17.8 Å². The highest BCUT2D eigenvalue weighted by Gasteiger charge is 2.24. The minimum Gasteiger partial charge on any atom is -0.319 e. The molecule has 0 radical (unpaired) electrons. The molecule has 0 aliphatic carbocycles. The van der Waals surface area contributed by atoms with Gasteiger partial charge in [-0.3, -0.25) is 0 Å². The van der Waals surface area contributed by atoms with Crippen LogP contribution in [0.3, 0.4) is 0 Å². The number of halogens is 5. The molecule has 0 aliphatic heterocycles. The van der Waals surface area contributed by atoms with Gasteiger partial charge in [-0.25, -0.2) is 4.98 Å². The summed E-state index contributed by atoms with van der Waals surface area (Å²) in [6.07, 6.45) is 5.25. The first kappa shape index (κ1) is 20.2. The Morgan fingerprint density at radius 3 is 2.31 bits per heavy atom. The van der Waals surface area contributed by atoms with E-state index in [0.717, 1.165) is 11.1 Å². The number of rotatable bonds is 6. The maximum absolute atomic E-state index is 6.74. The van der Waals surface area contributed by atoms with Crippen molar-refractivity contribution in [3.05, 3.63) is 86.3 Å². The van der Waals surface area contributed by atoms with Crippen molar-refractivity contribution in [2.24, 2.45) is 0 Å². The van der Waals surface area contributed by atoms with Gasteiger partial charge in [-0.2, -0.15) is 0 Å². The molecule has 0 aliphatic rings. The fourth-order valence-electron chi connectivity index (χ4n) is 2.41. The van der Waals surface area contributed by atoms with Gasteiger partial charge in [-0.15, -0.1) is 11.8 Å². The molecule has 26 heavy (non-hydrogen) atoms. The van der Waals surface area contributed by atoms with E-state index in [9.17, 15) is 0 Å². The van der Waals surface area contributed by atoms with Crippen molar-refractivity contribution in [2.75, 3.05) is 0 Å². The number of imidazole rings is 1. The lowest BCUT2D eigenvalue weighted by Gasteiger charge is -2.24. The number of aromatic nitrogens is 2. The first-order chi connectivity index (χ1) is 12.5. The second kappa shape index (κ2) is 9.09. The van der Waals surface area contributed by atoms with Crippen LogP contribution in [0.2, 0.25) is 20.1 Å². The average Bonchev–Trinajstić information content (AvgIpc) is 3.15. The number of hydrogen-bond acceptors (Lipinski definition) is 2. The molecule has 0 amide bonds. The second-order valence-corrected chi connectivity index (χ2v) is 8.76. The van der Waals surface area contributed by atoms with Crippen LogP contribution in [0.25, 0.3) is 0 Å². The molecular weight excluding hydrogens is 454 g/mol. The smallest absolute Gasteiger partial charge is 0.125 e. The molecule has 0 fully saturated rings. The number of benzene rings is 2. The molecule has 8 heteroatoms. The Morgan fingerprint density at radius 1 is 0.962 bits per heavy atom. The van der Waals surface area contributed by atoms with E-state index < -0.39 is 0 Å². The molecule has 3 aromatic rings. The molecular formula is C18H13Cl5N2S. The van der Waals surface area contributed by atoms with Gasteiger partial charge in [-0.1, -0.05) is 70.1 Å². The van der Waals surface area contributed by atoms with Gasteiger partial charge >= 0.3 is 0 Å². The van der Waals surface area contributed by atoms with Crippen LogP contribution in [0.5, 0.6) is 0 Å². The molecule has 0 bridgehead atoms. The highest BCUT2D eigenvalue weighted by atomic mass is 35.5. The molecule has 0 N–H and O–H groups in total. The lowest BCUT2D eigenvalue weighted by molar-refractivity contribution is 0.651. The van der Waals surface area contributed by atoms with E-state index in [1.54, 1.807) is 36.4 Å². The summed E-state index contributed by atoms with van der Waals surface area (Å²) in [6, 6.07) is 11.1. The normalized spacial score (nSPS) is 13.6. The summed E-state index contributed by atoms with van der Waals surface area (Å²) in [5.74, 6) is 0.626. The molecule has 3 rings (SSSR count). The SMILES string of the molecule is Clc1ccc(C(SCc2cc(Cl)c(Cl)cc2Cl)C(Cl)n2ccnc2)cc1. The number of nitrogens with zero attached hydrogens (tertiary/aromatic N) is 2. The van der Waals surface area contributed by atoms with Crippen LogP contribution in [0, 0.1) is 0 Å². The van der Waals surface area contributed by atoms with Gasteiger partial charge in [0.1, 0.15) is 5.50 Å². The van der Waals surface area contributed by atoms with Crippen molar-refractivity contribution >= 4 is 69.8 Å². The summed E-state index contributed by atoms with van der Waals surface area (Å²) < 4.78 is 1.87. The highest BCUT2D eigenvalue weighted by Crippen LogP contribution is 2.44. The Hall–Kier alpha value is -0.550. The maximum atomic E-state index is 6.74. The van der Waals surface area contributed by atoms with E-state index >= 15 is 0 Å². The maximum Gasteiger partial charge on any atom is 0.125 e. The summed E-state index contributed by atoms with van der Waals surface area (Å²) in [6.45, 7) is 0. The molecule has 2 aromatic carbocycles. The van der Waals surface area contributed by atoms with Crippen molar-refractivity contribution in [1.82, 2.24) is 9.55 Å². The Labute approximate surface area is 181 Å². The Balaban J connectivity index is 1.86. The van der Waals surface area contributed by atoms with Crippen LogP contribution in [0.1, 0.15) is 21.9 Å². The van der Waals surface area contributed by atoms with Crippen LogP contribution in [-0.4, -0.2) is 9.55 Å². The van der Waals surface area contributed by atoms with E-state index in [1.807, 2.05) is 35.0 Å². The third-order valence-corrected chi connectivity index (χ3v) is 7.09. The van der Waals surface area contributed by atoms with Crippen molar-refractivity contribution in [3.63, 3.8) is 0 Å². The third kappa shape index (κ3) is 4.83. The van der Waals surface area contributed by atoms with E-state index in [4.69, 9.17) is 58.0 Å². The molecule has 0 saturated carbocycles. The Kier molecular flexibility index (Phi) is 7.06. The van der Waals surface area contributed by atoms with Crippen LogP contribution >= 0.6 is 69.8 Å². The van der Waals surface area contributed by atoms with Gasteiger partial charge in [0, 0.05) is 28.2 Å². The van der Waals surface area contributed by atoms with Crippen molar-refractivity contribution in [2.45, 2.75) is 16.5 Å². The van der Waals surface area contributed by atoms with E-state index in [2.05, 4.69) is 4.98 Å². The van der Waals surface area contributed by atoms with Gasteiger partial charge in [0.2, 0.25) is 0 Å². The number of thioether (sulfide) groups is 1.